The van der Waals surface area contributed by atoms with Crippen LogP contribution in [0.5, 0.6) is 0 Å². The highest BCUT2D eigenvalue weighted by molar-refractivity contribution is 7.91. The van der Waals surface area contributed by atoms with Crippen LogP contribution in [0.2, 0.25) is 0 Å². The fourth-order valence-corrected chi connectivity index (χ4v) is 3.76. The van der Waals surface area contributed by atoms with Crippen molar-refractivity contribution in [2.24, 2.45) is 0 Å². The fraction of sp³-hybridized carbons (Fsp3) is 0.818. The summed E-state index contributed by atoms with van der Waals surface area (Å²) in [6.07, 6.45) is 1.83. The molecule has 2 atom stereocenters. The molecule has 0 bridgehead atoms. The van der Waals surface area contributed by atoms with E-state index in [9.17, 15) is 8.42 Å². The van der Waals surface area contributed by atoms with E-state index in [2.05, 4.69) is 23.7 Å². The zero-order valence-corrected chi connectivity index (χ0v) is 11.0. The van der Waals surface area contributed by atoms with Crippen molar-refractivity contribution in [2.45, 2.75) is 25.9 Å². The van der Waals surface area contributed by atoms with E-state index in [1.807, 2.05) is 13.0 Å². The van der Waals surface area contributed by atoms with Gasteiger partial charge in [-0.25, -0.2) is 8.42 Å². The molecule has 0 aromatic heterocycles. The van der Waals surface area contributed by atoms with Crippen LogP contribution in [0.25, 0.3) is 0 Å². The maximum atomic E-state index is 11.4. The van der Waals surface area contributed by atoms with E-state index in [-0.39, 0.29) is 6.04 Å². The molecule has 0 aromatic carbocycles. The summed E-state index contributed by atoms with van der Waals surface area (Å²) in [4.78, 5) is 2.26. The predicted octanol–water partition coefficient (Wildman–Crippen LogP) is 0.269. The third-order valence-corrected chi connectivity index (χ3v) is 4.81. The minimum Gasteiger partial charge on any atom is -0.312 e. The van der Waals surface area contributed by atoms with Gasteiger partial charge in [0.25, 0.3) is 0 Å². The molecule has 2 unspecified atom stereocenters. The standard InChI is InChI=1S/C11H22N2O2S/c1-4-5-12-8-10(2)13-6-7-16(14,15)9-11(13)3/h4,10-12H,1,5-9H2,2-3H3. The Balaban J connectivity index is 2.45. The lowest BCUT2D eigenvalue weighted by atomic mass is 10.2. The van der Waals surface area contributed by atoms with Crippen LogP contribution in [-0.4, -0.2) is 56.5 Å². The number of hydrogen-bond donors (Lipinski definition) is 1. The lowest BCUT2D eigenvalue weighted by Crippen LogP contribution is -2.53. The molecule has 4 nitrogen and oxygen atoms in total. The lowest BCUT2D eigenvalue weighted by molar-refractivity contribution is 0.166. The van der Waals surface area contributed by atoms with Gasteiger partial charge in [-0.2, -0.15) is 0 Å². The van der Waals surface area contributed by atoms with Crippen molar-refractivity contribution < 1.29 is 8.42 Å². The summed E-state index contributed by atoms with van der Waals surface area (Å²) >= 11 is 0. The molecule has 1 aliphatic rings. The van der Waals surface area contributed by atoms with Gasteiger partial charge in [0.05, 0.1) is 11.5 Å². The van der Waals surface area contributed by atoms with Crippen molar-refractivity contribution in [3.05, 3.63) is 12.7 Å². The maximum absolute atomic E-state index is 11.4. The number of sulfone groups is 1. The van der Waals surface area contributed by atoms with Crippen LogP contribution in [0.4, 0.5) is 0 Å². The number of nitrogens with zero attached hydrogens (tertiary/aromatic N) is 1. The van der Waals surface area contributed by atoms with Gasteiger partial charge in [-0.1, -0.05) is 6.08 Å². The van der Waals surface area contributed by atoms with E-state index in [1.165, 1.54) is 0 Å². The van der Waals surface area contributed by atoms with Gasteiger partial charge in [-0.15, -0.1) is 6.58 Å². The van der Waals surface area contributed by atoms with Crippen LogP contribution in [-0.2, 0) is 9.84 Å². The molecular formula is C11H22N2O2S. The largest absolute Gasteiger partial charge is 0.312 e. The minimum absolute atomic E-state index is 0.124. The van der Waals surface area contributed by atoms with Crippen LogP contribution < -0.4 is 5.32 Å². The molecule has 1 N–H and O–H groups in total. The zero-order valence-electron chi connectivity index (χ0n) is 10.1. The Bertz CT molecular complexity index is 327. The lowest BCUT2D eigenvalue weighted by Gasteiger charge is -2.37. The summed E-state index contributed by atoms with van der Waals surface area (Å²) < 4.78 is 22.9. The molecule has 1 fully saturated rings. The third kappa shape index (κ3) is 3.88. The van der Waals surface area contributed by atoms with Crippen LogP contribution in [0.3, 0.4) is 0 Å². The van der Waals surface area contributed by atoms with Crippen molar-refractivity contribution in [1.29, 1.82) is 0 Å². The quantitative estimate of drug-likeness (QED) is 0.559. The number of rotatable bonds is 5. The van der Waals surface area contributed by atoms with Crippen molar-refractivity contribution in [2.75, 3.05) is 31.1 Å². The molecular weight excluding hydrogens is 224 g/mol. The van der Waals surface area contributed by atoms with E-state index in [1.54, 1.807) is 0 Å². The highest BCUT2D eigenvalue weighted by Gasteiger charge is 2.30. The smallest absolute Gasteiger partial charge is 0.153 e. The summed E-state index contributed by atoms with van der Waals surface area (Å²) in [5.41, 5.74) is 0. The second kappa shape index (κ2) is 5.80. The van der Waals surface area contributed by atoms with Crippen molar-refractivity contribution in [1.82, 2.24) is 10.2 Å². The molecule has 0 amide bonds. The average molecular weight is 246 g/mol. The molecule has 5 heteroatoms. The second-order valence-corrected chi connectivity index (χ2v) is 6.73. The average Bonchev–Trinajstić information content (AvgIpc) is 2.16. The van der Waals surface area contributed by atoms with E-state index >= 15 is 0 Å². The Morgan fingerprint density at radius 3 is 2.88 bits per heavy atom. The first-order valence-electron chi connectivity index (χ1n) is 5.74. The molecule has 0 radical (unpaired) electrons. The number of nitrogens with one attached hydrogen (secondary N) is 1. The van der Waals surface area contributed by atoms with Gasteiger partial charge in [0.2, 0.25) is 0 Å². The SMILES string of the molecule is C=CCNCC(C)N1CCS(=O)(=O)CC1C. The molecule has 94 valence electrons. The van der Waals surface area contributed by atoms with Gasteiger partial charge in [-0.3, -0.25) is 4.90 Å². The fourth-order valence-electron chi connectivity index (χ4n) is 2.18. The Morgan fingerprint density at radius 1 is 1.62 bits per heavy atom. The molecule has 1 aliphatic heterocycles. The Morgan fingerprint density at radius 2 is 2.31 bits per heavy atom. The van der Waals surface area contributed by atoms with E-state index in [0.717, 1.165) is 13.1 Å². The summed E-state index contributed by atoms with van der Waals surface area (Å²) in [7, 11) is -2.80. The molecule has 1 rings (SSSR count). The third-order valence-electron chi connectivity index (χ3n) is 3.02. The van der Waals surface area contributed by atoms with E-state index < -0.39 is 9.84 Å². The molecule has 0 aliphatic carbocycles. The normalized spacial score (nSPS) is 27.5. The first kappa shape index (κ1) is 13.7. The van der Waals surface area contributed by atoms with Crippen molar-refractivity contribution >= 4 is 9.84 Å². The van der Waals surface area contributed by atoms with Gasteiger partial charge in [0.15, 0.2) is 9.84 Å². The first-order valence-corrected chi connectivity index (χ1v) is 7.56. The van der Waals surface area contributed by atoms with Gasteiger partial charge < -0.3 is 5.32 Å². The Labute approximate surface area is 98.6 Å². The molecule has 0 saturated carbocycles. The van der Waals surface area contributed by atoms with Gasteiger partial charge in [-0.05, 0) is 13.8 Å². The molecule has 0 aromatic rings. The summed E-state index contributed by atoms with van der Waals surface area (Å²) in [6.45, 7) is 10.1. The summed E-state index contributed by atoms with van der Waals surface area (Å²) in [5, 5.41) is 3.26. The summed E-state index contributed by atoms with van der Waals surface area (Å²) in [6, 6.07) is 0.490. The van der Waals surface area contributed by atoms with Gasteiger partial charge in [0, 0.05) is 31.7 Å². The Hall–Kier alpha value is -0.390. The predicted molar refractivity (Wildman–Crippen MR) is 67.4 cm³/mol. The van der Waals surface area contributed by atoms with Gasteiger partial charge >= 0.3 is 0 Å². The maximum Gasteiger partial charge on any atom is 0.153 e. The van der Waals surface area contributed by atoms with Crippen molar-refractivity contribution in [3.8, 4) is 0 Å². The molecule has 1 heterocycles. The molecule has 0 spiro atoms. The van der Waals surface area contributed by atoms with Gasteiger partial charge in [0.1, 0.15) is 0 Å². The number of hydrogen-bond acceptors (Lipinski definition) is 4. The van der Waals surface area contributed by atoms with Crippen LogP contribution >= 0.6 is 0 Å². The highest BCUT2D eigenvalue weighted by Crippen LogP contribution is 2.14. The first-order chi connectivity index (χ1) is 7.46. The topological polar surface area (TPSA) is 49.4 Å². The van der Waals surface area contributed by atoms with Crippen LogP contribution in [0, 0.1) is 0 Å². The van der Waals surface area contributed by atoms with E-state index in [4.69, 9.17) is 0 Å². The molecule has 16 heavy (non-hydrogen) atoms. The minimum atomic E-state index is -2.80. The highest BCUT2D eigenvalue weighted by atomic mass is 32.2. The Kier molecular flexibility index (Phi) is 4.95. The monoisotopic (exact) mass is 246 g/mol. The second-order valence-electron chi connectivity index (χ2n) is 4.50. The zero-order chi connectivity index (χ0) is 12.2. The van der Waals surface area contributed by atoms with Crippen molar-refractivity contribution in [3.63, 3.8) is 0 Å². The van der Waals surface area contributed by atoms with Crippen LogP contribution in [0.15, 0.2) is 12.7 Å². The van der Waals surface area contributed by atoms with E-state index in [0.29, 0.717) is 24.1 Å². The van der Waals surface area contributed by atoms with Crippen LogP contribution in [0.1, 0.15) is 13.8 Å². The summed E-state index contributed by atoms with van der Waals surface area (Å²) in [5.74, 6) is 0.585. The molecule has 1 saturated heterocycles.